The average molecular weight is 476 g/mol. The molecular weight excluding hydrogens is 450 g/mol. The van der Waals surface area contributed by atoms with Gasteiger partial charge < -0.3 is 5.32 Å². The number of nitrogens with one attached hydrogen (secondary N) is 2. The molecule has 0 aliphatic rings. The second kappa shape index (κ2) is 8.83. The van der Waals surface area contributed by atoms with E-state index in [0.29, 0.717) is 38.1 Å². The Kier molecular flexibility index (Phi) is 6.51. The van der Waals surface area contributed by atoms with Gasteiger partial charge in [-0.2, -0.15) is 5.10 Å². The minimum atomic E-state index is -3.39. The summed E-state index contributed by atoms with van der Waals surface area (Å²) in [7, 11) is -1.81. The fourth-order valence-electron chi connectivity index (χ4n) is 3.10. The standard InChI is InChI=1S/C21H25N5O4S2/c1-7-32(29,30)25-16-9-8-15(10-11(16)2)23-19(27)18-14(5)22-20(31-18)17-12(3)13(4)24-26(6)21(17)28/h8-10,25H,7H2,1-6H3,(H,23,27). The number of rotatable bonds is 6. The lowest BCUT2D eigenvalue weighted by atomic mass is 10.1. The number of thiazole rings is 1. The van der Waals surface area contributed by atoms with Gasteiger partial charge in [-0.25, -0.2) is 18.1 Å². The molecule has 0 fully saturated rings. The third kappa shape index (κ3) is 4.73. The summed E-state index contributed by atoms with van der Waals surface area (Å²) in [6, 6.07) is 4.92. The molecule has 2 aromatic heterocycles. The maximum atomic E-state index is 12.9. The van der Waals surface area contributed by atoms with Crippen LogP contribution in [0, 0.1) is 27.7 Å². The Bertz CT molecular complexity index is 1370. The molecule has 1 aromatic carbocycles. The number of aryl methyl sites for hydroxylation is 4. The lowest BCUT2D eigenvalue weighted by molar-refractivity contribution is 0.103. The number of benzene rings is 1. The Morgan fingerprint density at radius 2 is 1.84 bits per heavy atom. The maximum Gasteiger partial charge on any atom is 0.277 e. The van der Waals surface area contributed by atoms with E-state index < -0.39 is 10.0 Å². The lowest BCUT2D eigenvalue weighted by Gasteiger charge is -2.11. The van der Waals surface area contributed by atoms with Gasteiger partial charge in [-0.05, 0) is 63.9 Å². The lowest BCUT2D eigenvalue weighted by Crippen LogP contribution is -2.23. The second-order valence-corrected chi connectivity index (χ2v) is 10.4. The van der Waals surface area contributed by atoms with E-state index in [1.807, 2.05) is 13.8 Å². The van der Waals surface area contributed by atoms with Crippen molar-refractivity contribution in [3.05, 3.63) is 55.9 Å². The largest absolute Gasteiger partial charge is 0.321 e. The molecule has 32 heavy (non-hydrogen) atoms. The molecule has 0 unspecified atom stereocenters. The topological polar surface area (TPSA) is 123 Å². The number of amides is 1. The second-order valence-electron chi connectivity index (χ2n) is 7.44. The fraction of sp³-hybridized carbons (Fsp3) is 0.333. The summed E-state index contributed by atoms with van der Waals surface area (Å²) in [5.41, 5.74) is 3.79. The van der Waals surface area contributed by atoms with E-state index in [4.69, 9.17) is 0 Å². The van der Waals surface area contributed by atoms with Crippen molar-refractivity contribution in [1.29, 1.82) is 0 Å². The van der Waals surface area contributed by atoms with Gasteiger partial charge in [-0.1, -0.05) is 0 Å². The summed E-state index contributed by atoms with van der Waals surface area (Å²) < 4.78 is 27.4. The molecule has 9 nitrogen and oxygen atoms in total. The number of hydrogen-bond donors (Lipinski definition) is 2. The molecule has 0 saturated heterocycles. The summed E-state index contributed by atoms with van der Waals surface area (Å²) in [6.45, 7) is 8.66. The van der Waals surface area contributed by atoms with Crippen LogP contribution in [-0.2, 0) is 17.1 Å². The number of carbonyl (C=O) groups is 1. The predicted molar refractivity (Wildman–Crippen MR) is 127 cm³/mol. The number of hydrogen-bond acceptors (Lipinski definition) is 7. The van der Waals surface area contributed by atoms with Crippen LogP contribution in [0.3, 0.4) is 0 Å². The molecule has 0 atom stereocenters. The first-order valence-corrected chi connectivity index (χ1v) is 12.3. The minimum absolute atomic E-state index is 0.0303. The molecule has 11 heteroatoms. The SMILES string of the molecule is CCS(=O)(=O)Nc1ccc(NC(=O)c2sc(-c3c(C)c(C)nn(C)c3=O)nc2C)cc1C. The third-order valence-corrected chi connectivity index (χ3v) is 7.54. The van der Waals surface area contributed by atoms with E-state index in [1.54, 1.807) is 46.0 Å². The van der Waals surface area contributed by atoms with Crippen LogP contribution in [0.1, 0.15) is 39.1 Å². The number of sulfonamides is 1. The molecule has 0 spiro atoms. The van der Waals surface area contributed by atoms with Crippen molar-refractivity contribution in [2.24, 2.45) is 7.05 Å². The van der Waals surface area contributed by atoms with E-state index in [9.17, 15) is 18.0 Å². The van der Waals surface area contributed by atoms with Gasteiger partial charge in [0.25, 0.3) is 11.5 Å². The van der Waals surface area contributed by atoms with E-state index in [2.05, 4.69) is 20.1 Å². The van der Waals surface area contributed by atoms with Crippen LogP contribution >= 0.6 is 11.3 Å². The number of aromatic nitrogens is 3. The highest BCUT2D eigenvalue weighted by atomic mass is 32.2. The summed E-state index contributed by atoms with van der Waals surface area (Å²) in [6.07, 6.45) is 0. The summed E-state index contributed by atoms with van der Waals surface area (Å²) in [5.74, 6) is -0.384. The smallest absolute Gasteiger partial charge is 0.277 e. The number of nitrogens with zero attached hydrogens (tertiary/aromatic N) is 3. The van der Waals surface area contributed by atoms with E-state index in [0.717, 1.165) is 22.6 Å². The highest BCUT2D eigenvalue weighted by molar-refractivity contribution is 7.92. The third-order valence-electron chi connectivity index (χ3n) is 5.07. The van der Waals surface area contributed by atoms with Gasteiger partial charge in [0.1, 0.15) is 9.88 Å². The zero-order valence-corrected chi connectivity index (χ0v) is 20.4. The van der Waals surface area contributed by atoms with Gasteiger partial charge in [-0.3, -0.25) is 14.3 Å². The Balaban J connectivity index is 1.89. The summed E-state index contributed by atoms with van der Waals surface area (Å²) in [5, 5.41) is 7.47. The predicted octanol–water partition coefficient (Wildman–Crippen LogP) is 3.15. The van der Waals surface area contributed by atoms with Crippen molar-refractivity contribution in [3.8, 4) is 10.6 Å². The Morgan fingerprint density at radius 1 is 1.16 bits per heavy atom. The van der Waals surface area contributed by atoms with E-state index >= 15 is 0 Å². The first-order chi connectivity index (χ1) is 14.9. The Morgan fingerprint density at radius 3 is 2.47 bits per heavy atom. The van der Waals surface area contributed by atoms with Crippen LogP contribution in [-0.4, -0.2) is 34.8 Å². The van der Waals surface area contributed by atoms with Crippen LogP contribution in [0.15, 0.2) is 23.0 Å². The monoisotopic (exact) mass is 475 g/mol. The summed E-state index contributed by atoms with van der Waals surface area (Å²) in [4.78, 5) is 30.4. The number of anilines is 2. The highest BCUT2D eigenvalue weighted by Gasteiger charge is 2.21. The van der Waals surface area contributed by atoms with Gasteiger partial charge >= 0.3 is 0 Å². The molecule has 3 aromatic rings. The molecule has 0 aliphatic heterocycles. The molecule has 3 rings (SSSR count). The van der Waals surface area contributed by atoms with Gasteiger partial charge in [0, 0.05) is 12.7 Å². The van der Waals surface area contributed by atoms with Gasteiger partial charge in [0.15, 0.2) is 0 Å². The van der Waals surface area contributed by atoms with Crippen molar-refractivity contribution in [2.45, 2.75) is 34.6 Å². The Hall–Kier alpha value is -3.05. The fourth-order valence-corrected chi connectivity index (χ4v) is 4.86. The van der Waals surface area contributed by atoms with Crippen LogP contribution in [0.25, 0.3) is 10.6 Å². The van der Waals surface area contributed by atoms with Crippen molar-refractivity contribution in [1.82, 2.24) is 14.8 Å². The molecule has 0 bridgehead atoms. The van der Waals surface area contributed by atoms with Crippen LogP contribution < -0.4 is 15.6 Å². The van der Waals surface area contributed by atoms with Crippen LogP contribution in [0.4, 0.5) is 11.4 Å². The van der Waals surface area contributed by atoms with Crippen molar-refractivity contribution in [2.75, 3.05) is 15.8 Å². The highest BCUT2D eigenvalue weighted by Crippen LogP contribution is 2.29. The zero-order chi connectivity index (χ0) is 23.8. The van der Waals surface area contributed by atoms with Gasteiger partial charge in [0.05, 0.1) is 28.4 Å². The van der Waals surface area contributed by atoms with E-state index in [1.165, 1.54) is 4.68 Å². The van der Waals surface area contributed by atoms with Crippen molar-refractivity contribution < 1.29 is 13.2 Å². The van der Waals surface area contributed by atoms with Crippen molar-refractivity contribution >= 4 is 38.6 Å². The molecule has 2 heterocycles. The first kappa shape index (κ1) is 23.6. The van der Waals surface area contributed by atoms with Gasteiger partial charge in [0.2, 0.25) is 10.0 Å². The quantitative estimate of drug-likeness (QED) is 0.565. The summed E-state index contributed by atoms with van der Waals surface area (Å²) >= 11 is 1.15. The molecule has 0 saturated carbocycles. The first-order valence-electron chi connectivity index (χ1n) is 9.88. The molecule has 1 amide bonds. The number of carbonyl (C=O) groups excluding carboxylic acids is 1. The van der Waals surface area contributed by atoms with Crippen LogP contribution in [0.5, 0.6) is 0 Å². The average Bonchev–Trinajstić information content (AvgIpc) is 3.10. The molecule has 0 radical (unpaired) electrons. The van der Waals surface area contributed by atoms with Crippen molar-refractivity contribution in [3.63, 3.8) is 0 Å². The minimum Gasteiger partial charge on any atom is -0.321 e. The van der Waals surface area contributed by atoms with Crippen LogP contribution in [0.2, 0.25) is 0 Å². The molecule has 0 aliphatic carbocycles. The molecule has 170 valence electrons. The zero-order valence-electron chi connectivity index (χ0n) is 18.7. The van der Waals surface area contributed by atoms with E-state index in [-0.39, 0.29) is 17.2 Å². The maximum absolute atomic E-state index is 12.9. The molecule has 2 N–H and O–H groups in total. The Labute approximate surface area is 190 Å². The normalized spacial score (nSPS) is 11.4. The molecular formula is C21H25N5O4S2. The van der Waals surface area contributed by atoms with Gasteiger partial charge in [-0.15, -0.1) is 11.3 Å².